The second-order valence-corrected chi connectivity index (χ2v) is 8.52. The van der Waals surface area contributed by atoms with Gasteiger partial charge in [0.05, 0.1) is 5.75 Å². The molecule has 0 aliphatic heterocycles. The number of nitrogens with zero attached hydrogens (tertiary/aromatic N) is 3. The molecule has 0 aliphatic carbocycles. The maximum atomic E-state index is 12.3. The van der Waals surface area contributed by atoms with Gasteiger partial charge in [0.1, 0.15) is 0 Å². The van der Waals surface area contributed by atoms with Gasteiger partial charge in [0.25, 0.3) is 0 Å². The van der Waals surface area contributed by atoms with Crippen LogP contribution in [0.2, 0.25) is 5.02 Å². The Balaban J connectivity index is 1.48. The van der Waals surface area contributed by atoms with E-state index in [1.165, 1.54) is 16.5 Å². The second-order valence-electron chi connectivity index (χ2n) is 6.26. The molecule has 0 radical (unpaired) electrons. The van der Waals surface area contributed by atoms with E-state index in [9.17, 15) is 4.79 Å². The van der Waals surface area contributed by atoms with Crippen LogP contribution in [0.15, 0.2) is 53.0 Å². The first-order chi connectivity index (χ1) is 13.5. The number of aromatic nitrogens is 3. The van der Waals surface area contributed by atoms with Crippen molar-refractivity contribution in [3.05, 3.63) is 58.4 Å². The maximum Gasteiger partial charge on any atom is 0.234 e. The number of anilines is 1. The summed E-state index contributed by atoms with van der Waals surface area (Å²) in [5.74, 6) is 0.925. The number of nitrogens with one attached hydrogen (secondary N) is 1. The Bertz CT molecular complexity index is 1170. The number of hydrogen-bond acceptors (Lipinski definition) is 5. The van der Waals surface area contributed by atoms with Gasteiger partial charge in [-0.15, -0.1) is 21.5 Å². The Kier molecular flexibility index (Phi) is 5.39. The molecule has 28 heavy (non-hydrogen) atoms. The summed E-state index contributed by atoms with van der Waals surface area (Å²) in [7, 11) is 1.92. The summed E-state index contributed by atoms with van der Waals surface area (Å²) in [6.45, 7) is 1.88. The van der Waals surface area contributed by atoms with Gasteiger partial charge in [0.15, 0.2) is 11.0 Å². The van der Waals surface area contributed by atoms with E-state index in [1.54, 1.807) is 17.4 Å². The summed E-state index contributed by atoms with van der Waals surface area (Å²) < 4.78 is 3.14. The summed E-state index contributed by atoms with van der Waals surface area (Å²) in [6, 6.07) is 13.7. The number of carbonyl (C=O) groups is 1. The molecule has 4 rings (SSSR count). The van der Waals surface area contributed by atoms with Crippen molar-refractivity contribution in [2.45, 2.75) is 12.1 Å². The molecule has 0 saturated carbocycles. The zero-order valence-corrected chi connectivity index (χ0v) is 17.7. The smallest absolute Gasteiger partial charge is 0.234 e. The molecule has 1 N–H and O–H groups in total. The molecule has 2 heterocycles. The molecule has 0 aliphatic rings. The molecule has 8 heteroatoms. The minimum atomic E-state index is -0.110. The molecule has 2 aromatic carbocycles. The molecule has 0 spiro atoms. The number of amides is 1. The maximum absolute atomic E-state index is 12.3. The van der Waals surface area contributed by atoms with Gasteiger partial charge in [-0.2, -0.15) is 0 Å². The summed E-state index contributed by atoms with van der Waals surface area (Å²) in [4.78, 5) is 12.3. The Hall–Kier alpha value is -2.35. The largest absolute Gasteiger partial charge is 0.325 e. The van der Waals surface area contributed by atoms with E-state index in [4.69, 9.17) is 11.6 Å². The van der Waals surface area contributed by atoms with Crippen LogP contribution in [0.3, 0.4) is 0 Å². The number of benzene rings is 2. The molecular weight excluding hydrogens is 412 g/mol. The fourth-order valence-corrected chi connectivity index (χ4v) is 4.71. The first-order valence-electron chi connectivity index (χ1n) is 8.58. The highest BCUT2D eigenvalue weighted by molar-refractivity contribution is 7.99. The van der Waals surface area contributed by atoms with Gasteiger partial charge in [-0.25, -0.2) is 0 Å². The second kappa shape index (κ2) is 7.95. The minimum absolute atomic E-state index is 0.110. The zero-order chi connectivity index (χ0) is 19.7. The molecule has 142 valence electrons. The number of rotatable bonds is 5. The molecule has 0 saturated heterocycles. The summed E-state index contributed by atoms with van der Waals surface area (Å²) in [5.41, 5.74) is 2.63. The fourth-order valence-electron chi connectivity index (χ4n) is 2.89. The first kappa shape index (κ1) is 19.0. The van der Waals surface area contributed by atoms with Crippen LogP contribution in [0.1, 0.15) is 5.56 Å². The van der Waals surface area contributed by atoms with Crippen molar-refractivity contribution in [3.8, 4) is 11.4 Å². The molecule has 0 fully saturated rings. The van der Waals surface area contributed by atoms with Crippen molar-refractivity contribution in [2.75, 3.05) is 11.1 Å². The molecule has 0 atom stereocenters. The average Bonchev–Trinajstić information content (AvgIpc) is 3.27. The van der Waals surface area contributed by atoms with E-state index in [2.05, 4.69) is 33.0 Å². The zero-order valence-electron chi connectivity index (χ0n) is 15.3. The van der Waals surface area contributed by atoms with E-state index in [0.29, 0.717) is 10.2 Å². The van der Waals surface area contributed by atoms with Crippen LogP contribution in [-0.4, -0.2) is 26.4 Å². The van der Waals surface area contributed by atoms with Crippen molar-refractivity contribution < 1.29 is 4.79 Å². The van der Waals surface area contributed by atoms with Crippen LogP contribution in [0.5, 0.6) is 0 Å². The van der Waals surface area contributed by atoms with Crippen molar-refractivity contribution in [1.29, 1.82) is 0 Å². The normalized spacial score (nSPS) is 11.1. The number of halogens is 1. The highest BCUT2D eigenvalue weighted by atomic mass is 35.5. The molecule has 0 bridgehead atoms. The van der Waals surface area contributed by atoms with Gasteiger partial charge in [-0.3, -0.25) is 4.79 Å². The van der Waals surface area contributed by atoms with Gasteiger partial charge < -0.3 is 9.88 Å². The lowest BCUT2D eigenvalue weighted by molar-refractivity contribution is -0.113. The summed E-state index contributed by atoms with van der Waals surface area (Å²) in [6.07, 6.45) is 0. The molecule has 0 unspecified atom stereocenters. The lowest BCUT2D eigenvalue weighted by Gasteiger charge is -2.09. The minimum Gasteiger partial charge on any atom is -0.325 e. The van der Waals surface area contributed by atoms with E-state index >= 15 is 0 Å². The fraction of sp³-hybridized carbons (Fsp3) is 0.150. The van der Waals surface area contributed by atoms with Crippen LogP contribution in [0.25, 0.3) is 21.5 Å². The van der Waals surface area contributed by atoms with Crippen molar-refractivity contribution >= 4 is 56.4 Å². The van der Waals surface area contributed by atoms with Gasteiger partial charge >= 0.3 is 0 Å². The Morgan fingerprint density at radius 1 is 1.21 bits per heavy atom. The predicted octanol–water partition coefficient (Wildman–Crippen LogP) is 5.39. The SMILES string of the molecule is Cc1c(Cl)cccc1NC(=O)CSc1nnc(-c2csc3ccccc23)n1C. The van der Waals surface area contributed by atoms with E-state index in [0.717, 1.165) is 28.0 Å². The van der Waals surface area contributed by atoms with Crippen LogP contribution < -0.4 is 5.32 Å². The molecule has 5 nitrogen and oxygen atoms in total. The number of carbonyl (C=O) groups excluding carboxylic acids is 1. The standard InChI is InChI=1S/C20H17ClN4OS2/c1-12-15(21)7-5-8-16(12)22-18(26)11-28-20-24-23-19(25(20)2)14-10-27-17-9-4-3-6-13(14)17/h3-10H,11H2,1-2H3,(H,22,26). The number of thioether (sulfide) groups is 1. The van der Waals surface area contributed by atoms with E-state index < -0.39 is 0 Å². The predicted molar refractivity (Wildman–Crippen MR) is 117 cm³/mol. The van der Waals surface area contributed by atoms with Gasteiger partial charge in [0.2, 0.25) is 5.91 Å². The van der Waals surface area contributed by atoms with Crippen molar-refractivity contribution in [2.24, 2.45) is 7.05 Å². The van der Waals surface area contributed by atoms with Crippen LogP contribution in [-0.2, 0) is 11.8 Å². The summed E-state index contributed by atoms with van der Waals surface area (Å²) in [5, 5.41) is 16.1. The Morgan fingerprint density at radius 3 is 2.89 bits per heavy atom. The van der Waals surface area contributed by atoms with Crippen LogP contribution in [0.4, 0.5) is 5.69 Å². The highest BCUT2D eigenvalue weighted by Gasteiger charge is 2.16. The number of thiophene rings is 1. The number of hydrogen-bond donors (Lipinski definition) is 1. The Morgan fingerprint density at radius 2 is 2.04 bits per heavy atom. The van der Waals surface area contributed by atoms with Crippen LogP contribution >= 0.6 is 34.7 Å². The van der Waals surface area contributed by atoms with Crippen molar-refractivity contribution in [1.82, 2.24) is 14.8 Å². The topological polar surface area (TPSA) is 59.8 Å². The lowest BCUT2D eigenvalue weighted by Crippen LogP contribution is -2.15. The Labute approximate surface area is 175 Å². The van der Waals surface area contributed by atoms with Gasteiger partial charge in [-0.05, 0) is 30.7 Å². The lowest BCUT2D eigenvalue weighted by atomic mass is 10.2. The van der Waals surface area contributed by atoms with E-state index in [1.807, 2.05) is 42.8 Å². The molecule has 1 amide bonds. The monoisotopic (exact) mass is 428 g/mol. The molecule has 2 aromatic heterocycles. The molecular formula is C20H17ClN4OS2. The van der Waals surface area contributed by atoms with Crippen molar-refractivity contribution in [3.63, 3.8) is 0 Å². The number of fused-ring (bicyclic) bond motifs is 1. The third-order valence-electron chi connectivity index (χ3n) is 4.43. The van der Waals surface area contributed by atoms with Crippen LogP contribution in [0, 0.1) is 6.92 Å². The summed E-state index contributed by atoms with van der Waals surface area (Å²) >= 11 is 9.15. The third kappa shape index (κ3) is 3.65. The highest BCUT2D eigenvalue weighted by Crippen LogP contribution is 2.33. The molecule has 4 aromatic rings. The van der Waals surface area contributed by atoms with E-state index in [-0.39, 0.29) is 11.7 Å². The quantitative estimate of drug-likeness (QED) is 0.433. The first-order valence-corrected chi connectivity index (χ1v) is 10.8. The van der Waals surface area contributed by atoms with Gasteiger partial charge in [0, 0.05) is 38.8 Å². The average molecular weight is 429 g/mol. The third-order valence-corrected chi connectivity index (χ3v) is 6.82. The van der Waals surface area contributed by atoms with Gasteiger partial charge in [-0.1, -0.05) is 47.6 Å².